The summed E-state index contributed by atoms with van der Waals surface area (Å²) in [6, 6.07) is 1.95. The fourth-order valence-electron chi connectivity index (χ4n) is 1.23. The predicted octanol–water partition coefficient (Wildman–Crippen LogP) is 2.56. The lowest BCUT2D eigenvalue weighted by Crippen LogP contribution is -2.13. The Balaban J connectivity index is 2.53. The van der Waals surface area contributed by atoms with E-state index in [0.29, 0.717) is 0 Å². The highest BCUT2D eigenvalue weighted by atomic mass is 32.2. The number of rotatable bonds is 2. The van der Waals surface area contributed by atoms with Crippen molar-refractivity contribution in [2.24, 2.45) is 0 Å². The summed E-state index contributed by atoms with van der Waals surface area (Å²) in [6.45, 7) is 4.31. The van der Waals surface area contributed by atoms with Gasteiger partial charge in [-0.15, -0.1) is 0 Å². The number of hydrogen-bond donors (Lipinski definition) is 1. The van der Waals surface area contributed by atoms with Gasteiger partial charge in [-0.25, -0.2) is 9.97 Å². The molecule has 2 rings (SSSR count). The van der Waals surface area contributed by atoms with Crippen molar-refractivity contribution in [1.29, 1.82) is 0 Å². The summed E-state index contributed by atoms with van der Waals surface area (Å²) in [5.41, 5.74) is 2.81. The fourth-order valence-corrected chi connectivity index (χ4v) is 1.53. The predicted molar refractivity (Wildman–Crippen MR) is 60.4 cm³/mol. The summed E-state index contributed by atoms with van der Waals surface area (Å²) in [5.74, 6) is 0. The summed E-state index contributed by atoms with van der Waals surface area (Å²) >= 11 is 1.78. The maximum atomic E-state index is 4.56. The Labute approximate surface area is 87.3 Å². The molecule has 0 bridgehead atoms. The van der Waals surface area contributed by atoms with E-state index in [1.54, 1.807) is 11.8 Å². The molecule has 0 saturated heterocycles. The zero-order chi connectivity index (χ0) is 10.2. The molecule has 4 heteroatoms. The molecular weight excluding hydrogens is 194 g/mol. The monoisotopic (exact) mass is 207 g/mol. The molecule has 3 nitrogen and oxygen atoms in total. The third kappa shape index (κ3) is 1.50. The van der Waals surface area contributed by atoms with Crippen molar-refractivity contribution in [3.05, 3.63) is 24.2 Å². The van der Waals surface area contributed by atoms with E-state index in [-0.39, 0.29) is 4.75 Å². The first-order valence-corrected chi connectivity index (χ1v) is 5.72. The van der Waals surface area contributed by atoms with Gasteiger partial charge in [-0.05, 0) is 26.2 Å². The second-order valence-corrected chi connectivity index (χ2v) is 5.11. The van der Waals surface area contributed by atoms with Gasteiger partial charge >= 0.3 is 0 Å². The summed E-state index contributed by atoms with van der Waals surface area (Å²) in [5, 5.41) is 0. The van der Waals surface area contributed by atoms with Gasteiger partial charge < -0.3 is 4.98 Å². The molecular formula is C10H13N3S. The third-order valence-corrected chi connectivity index (χ3v) is 3.62. The van der Waals surface area contributed by atoms with Crippen molar-refractivity contribution in [3.8, 4) is 0 Å². The first-order valence-electron chi connectivity index (χ1n) is 4.49. The number of nitrogens with zero attached hydrogens (tertiary/aromatic N) is 2. The van der Waals surface area contributed by atoms with Crippen LogP contribution in [0.5, 0.6) is 0 Å². The lowest BCUT2D eigenvalue weighted by Gasteiger charge is -2.20. The van der Waals surface area contributed by atoms with E-state index in [9.17, 15) is 0 Å². The van der Waals surface area contributed by atoms with Crippen molar-refractivity contribution in [3.63, 3.8) is 0 Å². The van der Waals surface area contributed by atoms with Crippen LogP contribution in [-0.2, 0) is 4.75 Å². The van der Waals surface area contributed by atoms with Crippen LogP contribution in [0.3, 0.4) is 0 Å². The quantitative estimate of drug-likeness (QED) is 0.822. The zero-order valence-electron chi connectivity index (χ0n) is 8.53. The van der Waals surface area contributed by atoms with Crippen LogP contribution in [0.2, 0.25) is 0 Å². The Kier molecular flexibility index (Phi) is 2.23. The third-order valence-electron chi connectivity index (χ3n) is 2.39. The average molecular weight is 207 g/mol. The smallest absolute Gasteiger partial charge is 0.156 e. The molecule has 2 aromatic rings. The van der Waals surface area contributed by atoms with Gasteiger partial charge in [0.15, 0.2) is 5.65 Å². The number of fused-ring (bicyclic) bond motifs is 1. The van der Waals surface area contributed by atoms with Gasteiger partial charge in [-0.1, -0.05) is 0 Å². The molecule has 14 heavy (non-hydrogen) atoms. The first kappa shape index (κ1) is 9.52. The highest BCUT2D eigenvalue weighted by Gasteiger charge is 2.21. The Bertz CT molecular complexity index is 447. The van der Waals surface area contributed by atoms with Gasteiger partial charge in [0, 0.05) is 6.20 Å². The Morgan fingerprint density at radius 1 is 1.43 bits per heavy atom. The minimum absolute atomic E-state index is 0.0262. The van der Waals surface area contributed by atoms with Gasteiger partial charge in [-0.3, -0.25) is 0 Å². The summed E-state index contributed by atoms with van der Waals surface area (Å²) in [7, 11) is 0. The van der Waals surface area contributed by atoms with Crippen LogP contribution in [0.25, 0.3) is 11.2 Å². The van der Waals surface area contributed by atoms with Gasteiger partial charge in [0.2, 0.25) is 0 Å². The van der Waals surface area contributed by atoms with E-state index < -0.39 is 0 Å². The van der Waals surface area contributed by atoms with Crippen LogP contribution in [-0.4, -0.2) is 21.2 Å². The molecule has 0 fully saturated rings. The Hall–Kier alpha value is -1.03. The molecule has 0 amide bonds. The molecule has 0 atom stereocenters. The topological polar surface area (TPSA) is 41.6 Å². The minimum Gasteiger partial charge on any atom is -0.345 e. The Morgan fingerprint density at radius 3 is 2.93 bits per heavy atom. The molecule has 1 N–H and O–H groups in total. The number of thioether (sulfide) groups is 1. The van der Waals surface area contributed by atoms with E-state index in [2.05, 4.69) is 35.1 Å². The Morgan fingerprint density at radius 2 is 2.21 bits per heavy atom. The van der Waals surface area contributed by atoms with Gasteiger partial charge in [0.25, 0.3) is 0 Å². The SMILES string of the molecule is CSC(C)(C)c1cnc2[nH]ccc2n1. The molecule has 0 aliphatic carbocycles. The van der Waals surface area contributed by atoms with Crippen LogP contribution in [0.15, 0.2) is 18.5 Å². The second kappa shape index (κ2) is 3.28. The molecule has 2 heterocycles. The minimum atomic E-state index is 0.0262. The second-order valence-electron chi connectivity index (χ2n) is 3.68. The van der Waals surface area contributed by atoms with E-state index >= 15 is 0 Å². The highest BCUT2D eigenvalue weighted by Crippen LogP contribution is 2.32. The van der Waals surface area contributed by atoms with E-state index in [1.807, 2.05) is 18.5 Å². The van der Waals surface area contributed by atoms with Crippen LogP contribution >= 0.6 is 11.8 Å². The molecule has 0 aliphatic rings. The average Bonchev–Trinajstić information content (AvgIpc) is 2.64. The van der Waals surface area contributed by atoms with Gasteiger partial charge in [0.1, 0.15) is 5.52 Å². The largest absolute Gasteiger partial charge is 0.345 e. The fraction of sp³-hybridized carbons (Fsp3) is 0.400. The number of aromatic amines is 1. The highest BCUT2D eigenvalue weighted by molar-refractivity contribution is 7.99. The number of nitrogens with one attached hydrogen (secondary N) is 1. The molecule has 2 aromatic heterocycles. The van der Waals surface area contributed by atoms with Gasteiger partial charge in [-0.2, -0.15) is 11.8 Å². The summed E-state index contributed by atoms with van der Waals surface area (Å²) in [4.78, 5) is 11.9. The van der Waals surface area contributed by atoms with Crippen LogP contribution in [0.4, 0.5) is 0 Å². The summed E-state index contributed by atoms with van der Waals surface area (Å²) in [6.07, 6.45) is 5.79. The van der Waals surface area contributed by atoms with Crippen LogP contribution in [0, 0.1) is 0 Å². The molecule has 0 radical (unpaired) electrons. The standard InChI is InChI=1S/C10H13N3S/c1-10(2,14-3)8-6-12-9-7(13-8)4-5-11-9/h4-6H,1-3H3,(H,11,12). The maximum Gasteiger partial charge on any atom is 0.156 e. The molecule has 0 aromatic carbocycles. The zero-order valence-corrected chi connectivity index (χ0v) is 9.35. The normalized spacial score (nSPS) is 12.2. The van der Waals surface area contributed by atoms with Crippen molar-refractivity contribution < 1.29 is 0 Å². The van der Waals surface area contributed by atoms with Crippen molar-refractivity contribution >= 4 is 22.9 Å². The lowest BCUT2D eigenvalue weighted by atomic mass is 10.1. The summed E-state index contributed by atoms with van der Waals surface area (Å²) < 4.78 is 0.0262. The lowest BCUT2D eigenvalue weighted by molar-refractivity contribution is 0.748. The molecule has 0 aliphatic heterocycles. The maximum absolute atomic E-state index is 4.56. The molecule has 0 spiro atoms. The molecule has 0 unspecified atom stereocenters. The van der Waals surface area contributed by atoms with Crippen molar-refractivity contribution in [2.75, 3.05) is 6.26 Å². The number of hydrogen-bond acceptors (Lipinski definition) is 3. The van der Waals surface area contributed by atoms with E-state index in [4.69, 9.17) is 0 Å². The van der Waals surface area contributed by atoms with Crippen LogP contribution < -0.4 is 0 Å². The number of H-pyrrole nitrogens is 1. The van der Waals surface area contributed by atoms with Gasteiger partial charge in [0.05, 0.1) is 16.6 Å². The van der Waals surface area contributed by atoms with Crippen molar-refractivity contribution in [2.45, 2.75) is 18.6 Å². The van der Waals surface area contributed by atoms with Crippen molar-refractivity contribution in [1.82, 2.24) is 15.0 Å². The molecule has 0 saturated carbocycles. The molecule has 74 valence electrons. The van der Waals surface area contributed by atoms with Crippen LogP contribution in [0.1, 0.15) is 19.5 Å². The first-order chi connectivity index (χ1) is 6.63. The number of aromatic nitrogens is 3. The van der Waals surface area contributed by atoms with E-state index in [0.717, 1.165) is 16.9 Å². The van der Waals surface area contributed by atoms with E-state index in [1.165, 1.54) is 0 Å².